The number of fused-ring (bicyclic) bond motifs is 3. The Kier molecular flexibility index (Phi) is 4.34. The van der Waals surface area contributed by atoms with E-state index in [0.29, 0.717) is 16.9 Å². The number of carbonyl (C=O) groups excluding carboxylic acids is 1. The zero-order valence-electron chi connectivity index (χ0n) is 18.3. The maximum absolute atomic E-state index is 13.4. The first-order valence-electron chi connectivity index (χ1n) is 9.86. The molecule has 0 spiro atoms. The van der Waals surface area contributed by atoms with Crippen molar-refractivity contribution in [2.45, 2.75) is 47.6 Å². The molecule has 0 aliphatic carbocycles. The van der Waals surface area contributed by atoms with Crippen LogP contribution in [0.1, 0.15) is 42.4 Å². The second kappa shape index (κ2) is 6.55. The molecular formula is C22H25N5O3. The van der Waals surface area contributed by atoms with Gasteiger partial charge in [0.25, 0.3) is 5.56 Å². The van der Waals surface area contributed by atoms with E-state index in [1.165, 1.54) is 11.5 Å². The molecule has 0 aliphatic rings. The van der Waals surface area contributed by atoms with E-state index in [0.717, 1.165) is 32.8 Å². The van der Waals surface area contributed by atoms with Crippen LogP contribution in [0, 0.1) is 27.7 Å². The number of aryl methyl sites for hydroxylation is 4. The number of rotatable bonds is 3. The molecule has 0 saturated heterocycles. The summed E-state index contributed by atoms with van der Waals surface area (Å²) < 4.78 is 6.15. The number of nitrogens with zero attached hydrogens (tertiary/aromatic N) is 5. The molecule has 30 heavy (non-hydrogen) atoms. The monoisotopic (exact) mass is 407 g/mol. The van der Waals surface area contributed by atoms with Crippen molar-refractivity contribution < 1.29 is 4.79 Å². The summed E-state index contributed by atoms with van der Waals surface area (Å²) in [6.45, 7) is 10.9. The first-order chi connectivity index (χ1) is 14.1. The average Bonchev–Trinajstić information content (AvgIpc) is 3.17. The van der Waals surface area contributed by atoms with E-state index in [2.05, 4.69) is 6.07 Å². The second-order valence-corrected chi connectivity index (χ2v) is 8.02. The van der Waals surface area contributed by atoms with Crippen LogP contribution in [0.3, 0.4) is 0 Å². The molecule has 0 saturated carbocycles. The highest BCUT2D eigenvalue weighted by molar-refractivity contribution is 5.81. The fraction of sp³-hybridized carbons (Fsp3) is 0.364. The lowest BCUT2D eigenvalue weighted by Crippen LogP contribution is -2.42. The van der Waals surface area contributed by atoms with Gasteiger partial charge in [0.05, 0.1) is 11.7 Å². The summed E-state index contributed by atoms with van der Waals surface area (Å²) in [5.74, 6) is 0.308. The SMILES string of the molecule is CC(=O)[C@@H](C)n1c(=O)c2c(nc3n(-c4ccc(C)cc4C)c(C)c(C)n23)n(C)c1=O. The highest BCUT2D eigenvalue weighted by Crippen LogP contribution is 2.26. The summed E-state index contributed by atoms with van der Waals surface area (Å²) in [6, 6.07) is 5.31. The predicted octanol–water partition coefficient (Wildman–Crippen LogP) is 2.52. The zero-order valence-corrected chi connectivity index (χ0v) is 18.3. The molecule has 0 amide bonds. The summed E-state index contributed by atoms with van der Waals surface area (Å²) in [5, 5.41) is 0. The Morgan fingerprint density at radius 1 is 1.07 bits per heavy atom. The summed E-state index contributed by atoms with van der Waals surface area (Å²) in [7, 11) is 1.57. The Balaban J connectivity index is 2.21. The molecule has 156 valence electrons. The van der Waals surface area contributed by atoms with Crippen molar-refractivity contribution in [3.63, 3.8) is 0 Å². The summed E-state index contributed by atoms with van der Waals surface area (Å²) >= 11 is 0. The first kappa shape index (κ1) is 19.9. The topological polar surface area (TPSA) is 83.3 Å². The molecule has 0 fully saturated rings. The van der Waals surface area contributed by atoms with E-state index in [1.54, 1.807) is 18.4 Å². The van der Waals surface area contributed by atoms with Crippen LogP contribution in [0.2, 0.25) is 0 Å². The Hall–Kier alpha value is -3.42. The number of hydrogen-bond acceptors (Lipinski definition) is 4. The lowest BCUT2D eigenvalue weighted by Gasteiger charge is -2.13. The second-order valence-electron chi connectivity index (χ2n) is 8.02. The van der Waals surface area contributed by atoms with Gasteiger partial charge >= 0.3 is 5.69 Å². The van der Waals surface area contributed by atoms with Crippen LogP contribution < -0.4 is 11.2 Å². The van der Waals surface area contributed by atoms with Gasteiger partial charge in [0.15, 0.2) is 16.9 Å². The van der Waals surface area contributed by atoms with Gasteiger partial charge in [0.2, 0.25) is 5.78 Å². The largest absolute Gasteiger partial charge is 0.333 e. The minimum atomic E-state index is -0.853. The zero-order chi connectivity index (χ0) is 22.1. The third kappa shape index (κ3) is 2.52. The lowest BCUT2D eigenvalue weighted by atomic mass is 10.1. The molecule has 3 heterocycles. The molecule has 0 N–H and O–H groups in total. The smallest absolute Gasteiger partial charge is 0.298 e. The average molecular weight is 407 g/mol. The quantitative estimate of drug-likeness (QED) is 0.522. The van der Waals surface area contributed by atoms with Crippen LogP contribution in [-0.4, -0.2) is 28.9 Å². The number of carbonyl (C=O) groups is 1. The molecule has 0 bridgehead atoms. The van der Waals surface area contributed by atoms with Crippen LogP contribution in [0.15, 0.2) is 27.8 Å². The van der Waals surface area contributed by atoms with Crippen molar-refractivity contribution in [1.29, 1.82) is 0 Å². The van der Waals surface area contributed by atoms with Crippen molar-refractivity contribution in [1.82, 2.24) is 23.1 Å². The van der Waals surface area contributed by atoms with Crippen molar-refractivity contribution in [2.75, 3.05) is 0 Å². The molecule has 0 radical (unpaired) electrons. The third-order valence-corrected chi connectivity index (χ3v) is 6.04. The van der Waals surface area contributed by atoms with Crippen molar-refractivity contribution in [3.05, 3.63) is 61.6 Å². The summed E-state index contributed by atoms with van der Waals surface area (Å²) in [6.07, 6.45) is 0. The molecular weight excluding hydrogens is 382 g/mol. The third-order valence-electron chi connectivity index (χ3n) is 6.04. The van der Waals surface area contributed by atoms with E-state index in [-0.39, 0.29) is 5.78 Å². The van der Waals surface area contributed by atoms with Gasteiger partial charge in [-0.15, -0.1) is 0 Å². The standard InChI is InChI=1S/C22H25N5O3/c1-11-8-9-17(12(2)10-11)25-13(3)14(4)26-18-19(23-21(25)26)24(7)22(30)27(20(18)29)15(5)16(6)28/h8-10,15H,1-7H3/t15-/m1/s1. The predicted molar refractivity (Wildman–Crippen MR) is 116 cm³/mol. The maximum atomic E-state index is 13.4. The van der Waals surface area contributed by atoms with Gasteiger partial charge in [-0.05, 0) is 53.2 Å². The van der Waals surface area contributed by atoms with Gasteiger partial charge in [0.1, 0.15) is 0 Å². The van der Waals surface area contributed by atoms with Crippen molar-refractivity contribution in [3.8, 4) is 5.69 Å². The Labute approximate surface area is 173 Å². The van der Waals surface area contributed by atoms with Gasteiger partial charge in [0, 0.05) is 18.4 Å². The number of ketones is 1. The van der Waals surface area contributed by atoms with Gasteiger partial charge < -0.3 is 0 Å². The van der Waals surface area contributed by atoms with E-state index >= 15 is 0 Å². The molecule has 8 heteroatoms. The fourth-order valence-corrected chi connectivity index (χ4v) is 4.09. The normalized spacial score (nSPS) is 12.8. The number of hydrogen-bond donors (Lipinski definition) is 0. The van der Waals surface area contributed by atoms with E-state index in [9.17, 15) is 14.4 Å². The number of imidazole rings is 2. The van der Waals surface area contributed by atoms with Crippen LogP contribution in [0.25, 0.3) is 22.6 Å². The van der Waals surface area contributed by atoms with Gasteiger partial charge in [-0.2, -0.15) is 4.98 Å². The highest BCUT2D eigenvalue weighted by atomic mass is 16.2. The Bertz CT molecular complexity index is 1480. The van der Waals surface area contributed by atoms with E-state index in [1.807, 2.05) is 44.4 Å². The van der Waals surface area contributed by atoms with E-state index < -0.39 is 17.3 Å². The molecule has 8 nitrogen and oxygen atoms in total. The number of aromatic nitrogens is 5. The fourth-order valence-electron chi connectivity index (χ4n) is 4.09. The molecule has 0 aliphatic heterocycles. The molecule has 4 rings (SSSR count). The van der Waals surface area contributed by atoms with Crippen LogP contribution in [0.5, 0.6) is 0 Å². The van der Waals surface area contributed by atoms with Crippen molar-refractivity contribution in [2.24, 2.45) is 7.05 Å². The van der Waals surface area contributed by atoms with Gasteiger partial charge in [-0.25, -0.2) is 9.36 Å². The first-order valence-corrected chi connectivity index (χ1v) is 9.86. The lowest BCUT2D eigenvalue weighted by molar-refractivity contribution is -0.119. The van der Waals surface area contributed by atoms with Crippen LogP contribution in [0.4, 0.5) is 0 Å². The number of benzene rings is 1. The highest BCUT2D eigenvalue weighted by Gasteiger charge is 2.26. The molecule has 4 aromatic rings. The van der Waals surface area contributed by atoms with Gasteiger partial charge in [-0.3, -0.25) is 23.1 Å². The summed E-state index contributed by atoms with van der Waals surface area (Å²) in [4.78, 5) is 42.9. The molecule has 0 unspecified atom stereocenters. The number of Topliss-reactive ketones (excluding diaryl/α,β-unsaturated/α-hetero) is 1. The van der Waals surface area contributed by atoms with Crippen molar-refractivity contribution >= 4 is 22.7 Å². The molecule has 1 atom stereocenters. The Morgan fingerprint density at radius 2 is 1.73 bits per heavy atom. The molecule has 3 aromatic heterocycles. The van der Waals surface area contributed by atoms with Gasteiger partial charge in [-0.1, -0.05) is 17.7 Å². The van der Waals surface area contributed by atoms with E-state index in [4.69, 9.17) is 4.98 Å². The molecule has 1 aromatic carbocycles. The Morgan fingerprint density at radius 3 is 2.33 bits per heavy atom. The van der Waals surface area contributed by atoms with Crippen LogP contribution in [-0.2, 0) is 11.8 Å². The maximum Gasteiger partial charge on any atom is 0.333 e. The minimum absolute atomic E-state index is 0.255. The minimum Gasteiger partial charge on any atom is -0.298 e. The summed E-state index contributed by atoms with van der Waals surface area (Å²) in [5.41, 5.74) is 4.54. The van der Waals surface area contributed by atoms with Crippen LogP contribution >= 0.6 is 0 Å².